The highest BCUT2D eigenvalue weighted by Gasteiger charge is 2.07. The van der Waals surface area contributed by atoms with Gasteiger partial charge in [-0.25, -0.2) is 0 Å². The van der Waals surface area contributed by atoms with Gasteiger partial charge < -0.3 is 10.1 Å². The predicted octanol–water partition coefficient (Wildman–Crippen LogP) is 5.59. The van der Waals surface area contributed by atoms with Crippen LogP contribution in [0.1, 0.15) is 16.0 Å². The van der Waals surface area contributed by atoms with E-state index in [2.05, 4.69) is 18.5 Å². The number of hydrogen-bond donors (Lipinski definition) is 1. The summed E-state index contributed by atoms with van der Waals surface area (Å²) in [6, 6.07) is 21.0. The third-order valence-corrected chi connectivity index (χ3v) is 4.62. The number of amides is 1. The zero-order chi connectivity index (χ0) is 18.4. The molecular weight excluding hydrogens is 342 g/mol. The minimum atomic E-state index is -0.0345. The second-order valence-electron chi connectivity index (χ2n) is 5.70. The molecule has 1 heterocycles. The molecule has 1 amide bonds. The van der Waals surface area contributed by atoms with Crippen molar-refractivity contribution < 1.29 is 9.53 Å². The standard InChI is InChI=1S/C22H19NO2S/c1-16(18-7-4-3-5-8-18)25-17(2)19-10-12-20(13-11-19)23-22(24)15-21-9-6-14-26-21/h3-14H,1-2,15H2,(H,23,24). The molecule has 2 aromatic carbocycles. The van der Waals surface area contributed by atoms with Crippen LogP contribution in [0.25, 0.3) is 11.5 Å². The Morgan fingerprint density at radius 3 is 2.15 bits per heavy atom. The Hall–Kier alpha value is -3.11. The third kappa shape index (κ3) is 4.71. The first-order chi connectivity index (χ1) is 12.6. The van der Waals surface area contributed by atoms with Crippen LogP contribution in [-0.4, -0.2) is 5.91 Å². The Bertz CT molecular complexity index is 897. The molecule has 0 aliphatic heterocycles. The van der Waals surface area contributed by atoms with Gasteiger partial charge in [0.15, 0.2) is 0 Å². The van der Waals surface area contributed by atoms with E-state index in [1.807, 2.05) is 72.1 Å². The number of thiophene rings is 1. The smallest absolute Gasteiger partial charge is 0.229 e. The molecule has 1 N–H and O–H groups in total. The minimum Gasteiger partial charge on any atom is -0.457 e. The van der Waals surface area contributed by atoms with Gasteiger partial charge in [-0.2, -0.15) is 0 Å². The highest BCUT2D eigenvalue weighted by Crippen LogP contribution is 2.23. The Balaban J connectivity index is 1.57. The average molecular weight is 361 g/mol. The van der Waals surface area contributed by atoms with E-state index in [9.17, 15) is 4.79 Å². The topological polar surface area (TPSA) is 38.3 Å². The lowest BCUT2D eigenvalue weighted by Crippen LogP contribution is -2.13. The van der Waals surface area contributed by atoms with Crippen LogP contribution in [-0.2, 0) is 16.0 Å². The summed E-state index contributed by atoms with van der Waals surface area (Å²) < 4.78 is 5.74. The highest BCUT2D eigenvalue weighted by molar-refractivity contribution is 7.10. The fraction of sp³-hybridized carbons (Fsp3) is 0.0455. The van der Waals surface area contributed by atoms with Crippen LogP contribution in [0.4, 0.5) is 5.69 Å². The summed E-state index contributed by atoms with van der Waals surface area (Å²) in [5.74, 6) is 1.02. The van der Waals surface area contributed by atoms with Crippen molar-refractivity contribution in [2.24, 2.45) is 0 Å². The summed E-state index contributed by atoms with van der Waals surface area (Å²) in [4.78, 5) is 13.1. The van der Waals surface area contributed by atoms with E-state index in [0.29, 0.717) is 17.9 Å². The summed E-state index contributed by atoms with van der Waals surface area (Å²) in [6.45, 7) is 7.91. The van der Waals surface area contributed by atoms with Gasteiger partial charge in [0.25, 0.3) is 0 Å². The maximum atomic E-state index is 12.0. The van der Waals surface area contributed by atoms with Crippen LogP contribution < -0.4 is 5.32 Å². The number of nitrogens with one attached hydrogen (secondary N) is 1. The molecule has 0 saturated carbocycles. The first-order valence-electron chi connectivity index (χ1n) is 8.15. The molecular formula is C22H19NO2S. The van der Waals surface area contributed by atoms with Crippen molar-refractivity contribution in [2.75, 3.05) is 5.32 Å². The maximum absolute atomic E-state index is 12.0. The quantitative estimate of drug-likeness (QED) is 0.557. The van der Waals surface area contributed by atoms with Crippen molar-refractivity contribution >= 4 is 34.4 Å². The van der Waals surface area contributed by atoms with Crippen molar-refractivity contribution in [1.29, 1.82) is 0 Å². The lowest BCUT2D eigenvalue weighted by Gasteiger charge is -2.12. The molecule has 0 fully saturated rings. The lowest BCUT2D eigenvalue weighted by molar-refractivity contribution is -0.115. The molecule has 0 unspecified atom stereocenters. The maximum Gasteiger partial charge on any atom is 0.229 e. The van der Waals surface area contributed by atoms with Crippen molar-refractivity contribution in [2.45, 2.75) is 6.42 Å². The molecule has 26 heavy (non-hydrogen) atoms. The lowest BCUT2D eigenvalue weighted by atomic mass is 10.1. The Morgan fingerprint density at radius 1 is 0.885 bits per heavy atom. The summed E-state index contributed by atoms with van der Waals surface area (Å²) >= 11 is 1.57. The van der Waals surface area contributed by atoms with Crippen LogP contribution in [0.3, 0.4) is 0 Å². The van der Waals surface area contributed by atoms with E-state index >= 15 is 0 Å². The van der Waals surface area contributed by atoms with Gasteiger partial charge in [-0.15, -0.1) is 11.3 Å². The van der Waals surface area contributed by atoms with Gasteiger partial charge in [-0.05, 0) is 35.7 Å². The molecule has 130 valence electrons. The number of anilines is 1. The minimum absolute atomic E-state index is 0.0345. The molecule has 4 heteroatoms. The van der Waals surface area contributed by atoms with Crippen molar-refractivity contribution in [3.05, 3.63) is 101 Å². The number of ether oxygens (including phenoxy) is 1. The van der Waals surface area contributed by atoms with Crippen molar-refractivity contribution in [1.82, 2.24) is 0 Å². The molecule has 0 saturated heterocycles. The van der Waals surface area contributed by atoms with Crippen LogP contribution >= 0.6 is 11.3 Å². The molecule has 0 atom stereocenters. The number of carbonyl (C=O) groups is 1. The van der Waals surface area contributed by atoms with E-state index in [1.54, 1.807) is 11.3 Å². The monoisotopic (exact) mass is 361 g/mol. The van der Waals surface area contributed by atoms with E-state index < -0.39 is 0 Å². The molecule has 0 aliphatic rings. The van der Waals surface area contributed by atoms with Crippen molar-refractivity contribution in [3.63, 3.8) is 0 Å². The molecule has 0 spiro atoms. The molecule has 3 rings (SSSR count). The summed E-state index contributed by atoms with van der Waals surface area (Å²) in [6.07, 6.45) is 0.381. The second-order valence-corrected chi connectivity index (χ2v) is 6.73. The zero-order valence-electron chi connectivity index (χ0n) is 14.3. The summed E-state index contributed by atoms with van der Waals surface area (Å²) in [7, 11) is 0. The molecule has 1 aromatic heterocycles. The summed E-state index contributed by atoms with van der Waals surface area (Å²) in [5.41, 5.74) is 2.48. The van der Waals surface area contributed by atoms with Crippen LogP contribution in [0.5, 0.6) is 0 Å². The van der Waals surface area contributed by atoms with Crippen LogP contribution in [0, 0.1) is 0 Å². The van der Waals surface area contributed by atoms with Crippen LogP contribution in [0.15, 0.2) is 85.3 Å². The molecule has 3 aromatic rings. The number of benzene rings is 2. The van der Waals surface area contributed by atoms with Crippen molar-refractivity contribution in [3.8, 4) is 0 Å². The normalized spacial score (nSPS) is 10.2. The Morgan fingerprint density at radius 2 is 1.54 bits per heavy atom. The highest BCUT2D eigenvalue weighted by atomic mass is 32.1. The fourth-order valence-corrected chi connectivity index (χ4v) is 3.11. The Kier molecular flexibility index (Phi) is 5.66. The fourth-order valence-electron chi connectivity index (χ4n) is 2.41. The van der Waals surface area contributed by atoms with Gasteiger partial charge in [-0.3, -0.25) is 4.79 Å². The first-order valence-corrected chi connectivity index (χ1v) is 9.03. The Labute approximate surface area is 157 Å². The number of carbonyl (C=O) groups excluding carboxylic acids is 1. The van der Waals surface area contributed by atoms with Crippen LogP contribution in [0.2, 0.25) is 0 Å². The zero-order valence-corrected chi connectivity index (χ0v) is 15.1. The predicted molar refractivity (Wildman–Crippen MR) is 109 cm³/mol. The van der Waals surface area contributed by atoms with E-state index in [4.69, 9.17) is 4.74 Å². The van der Waals surface area contributed by atoms with E-state index in [1.165, 1.54) is 0 Å². The van der Waals surface area contributed by atoms with E-state index in [-0.39, 0.29) is 5.91 Å². The summed E-state index contributed by atoms with van der Waals surface area (Å²) in [5, 5.41) is 4.86. The number of hydrogen-bond acceptors (Lipinski definition) is 3. The van der Waals surface area contributed by atoms with Gasteiger partial charge >= 0.3 is 0 Å². The van der Waals surface area contributed by atoms with E-state index in [0.717, 1.165) is 21.7 Å². The largest absolute Gasteiger partial charge is 0.457 e. The molecule has 0 radical (unpaired) electrons. The van der Waals surface area contributed by atoms with Gasteiger partial charge in [0, 0.05) is 21.7 Å². The molecule has 0 aliphatic carbocycles. The number of rotatable bonds is 7. The third-order valence-electron chi connectivity index (χ3n) is 3.75. The molecule has 3 nitrogen and oxygen atoms in total. The average Bonchev–Trinajstić information content (AvgIpc) is 3.15. The first kappa shape index (κ1) is 17.7. The second kappa shape index (κ2) is 8.32. The van der Waals surface area contributed by atoms with Gasteiger partial charge in [0.05, 0.1) is 6.42 Å². The SMILES string of the molecule is C=C(OC(=C)c1ccc(NC(=O)Cc2cccs2)cc1)c1ccccc1. The van der Waals surface area contributed by atoms with Gasteiger partial charge in [0.2, 0.25) is 5.91 Å². The van der Waals surface area contributed by atoms with Gasteiger partial charge in [-0.1, -0.05) is 49.6 Å². The van der Waals surface area contributed by atoms with Gasteiger partial charge in [0.1, 0.15) is 11.5 Å². The molecule has 0 bridgehead atoms.